The molecular weight excluding hydrogens is 180 g/mol. The fourth-order valence-corrected chi connectivity index (χ4v) is 2.46. The monoisotopic (exact) mass is 202 g/mol. The number of nitrogens with zero attached hydrogens (tertiary/aromatic N) is 1. The van der Waals surface area contributed by atoms with Crippen LogP contribution in [0.2, 0.25) is 0 Å². The van der Waals surface area contributed by atoms with E-state index in [4.69, 9.17) is 0 Å². The lowest BCUT2D eigenvalue weighted by atomic mass is 10.3. The van der Waals surface area contributed by atoms with Crippen LogP contribution in [-0.4, -0.2) is 48.6 Å². The second kappa shape index (κ2) is 6.68. The largest absolute Gasteiger partial charge is 0.313 e. The maximum atomic E-state index is 3.46. The van der Waals surface area contributed by atoms with E-state index >= 15 is 0 Å². The van der Waals surface area contributed by atoms with E-state index in [1.54, 1.807) is 0 Å². The molecule has 0 spiro atoms. The molecule has 0 bridgehead atoms. The van der Waals surface area contributed by atoms with E-state index < -0.39 is 0 Å². The molecule has 78 valence electrons. The van der Waals surface area contributed by atoms with Crippen LogP contribution in [0.25, 0.3) is 0 Å². The number of rotatable bonds is 4. The minimum Gasteiger partial charge on any atom is -0.313 e. The molecule has 0 aromatic heterocycles. The molecule has 1 fully saturated rings. The zero-order chi connectivity index (χ0) is 9.52. The third kappa shape index (κ3) is 5.55. The first-order valence-electron chi connectivity index (χ1n) is 5.32. The first-order chi connectivity index (χ1) is 6.29. The lowest BCUT2D eigenvalue weighted by Gasteiger charge is -2.20. The van der Waals surface area contributed by atoms with Gasteiger partial charge in [-0.15, -0.1) is 0 Å². The summed E-state index contributed by atoms with van der Waals surface area (Å²) in [5.41, 5.74) is 0. The highest BCUT2D eigenvalue weighted by molar-refractivity contribution is 7.99. The topological polar surface area (TPSA) is 15.3 Å². The molecule has 0 aromatic carbocycles. The van der Waals surface area contributed by atoms with Crippen LogP contribution < -0.4 is 5.32 Å². The summed E-state index contributed by atoms with van der Waals surface area (Å²) < 4.78 is 0. The third-order valence-corrected chi connectivity index (χ3v) is 3.34. The van der Waals surface area contributed by atoms with E-state index in [1.165, 1.54) is 37.6 Å². The predicted octanol–water partition coefficient (Wildman–Crippen LogP) is 1.42. The Bertz CT molecular complexity index is 120. The molecule has 0 amide bonds. The maximum absolute atomic E-state index is 3.46. The van der Waals surface area contributed by atoms with Gasteiger partial charge in [0.05, 0.1) is 0 Å². The lowest BCUT2D eigenvalue weighted by Crippen LogP contribution is -2.36. The van der Waals surface area contributed by atoms with Gasteiger partial charge in [-0.05, 0) is 18.7 Å². The molecule has 1 aliphatic rings. The molecular formula is C10H22N2S. The van der Waals surface area contributed by atoms with Crippen LogP contribution in [0.1, 0.15) is 20.3 Å². The van der Waals surface area contributed by atoms with Gasteiger partial charge in [0.15, 0.2) is 0 Å². The summed E-state index contributed by atoms with van der Waals surface area (Å²) in [5.74, 6) is 2.68. The van der Waals surface area contributed by atoms with Crippen molar-refractivity contribution in [1.82, 2.24) is 10.2 Å². The van der Waals surface area contributed by atoms with Gasteiger partial charge in [-0.1, -0.05) is 13.8 Å². The van der Waals surface area contributed by atoms with Gasteiger partial charge in [-0.25, -0.2) is 0 Å². The van der Waals surface area contributed by atoms with Gasteiger partial charge in [-0.3, -0.25) is 0 Å². The molecule has 1 aliphatic heterocycles. The Morgan fingerprint density at radius 2 is 2.15 bits per heavy atom. The van der Waals surface area contributed by atoms with Crippen molar-refractivity contribution < 1.29 is 0 Å². The summed E-state index contributed by atoms with van der Waals surface area (Å²) in [6.45, 7) is 9.36. The molecule has 3 heteroatoms. The van der Waals surface area contributed by atoms with E-state index in [0.29, 0.717) is 6.04 Å². The zero-order valence-electron chi connectivity index (χ0n) is 8.88. The zero-order valence-corrected chi connectivity index (χ0v) is 9.70. The highest BCUT2D eigenvalue weighted by Gasteiger charge is 2.07. The van der Waals surface area contributed by atoms with Crippen molar-refractivity contribution in [3.63, 3.8) is 0 Å². The molecule has 0 atom stereocenters. The summed E-state index contributed by atoms with van der Waals surface area (Å²) in [7, 11) is 0. The van der Waals surface area contributed by atoms with Crippen LogP contribution in [-0.2, 0) is 0 Å². The second-order valence-electron chi connectivity index (χ2n) is 3.92. The highest BCUT2D eigenvalue weighted by atomic mass is 32.2. The van der Waals surface area contributed by atoms with Crippen LogP contribution in [0.5, 0.6) is 0 Å². The number of hydrogen-bond acceptors (Lipinski definition) is 3. The van der Waals surface area contributed by atoms with Gasteiger partial charge in [0.1, 0.15) is 0 Å². The van der Waals surface area contributed by atoms with Gasteiger partial charge >= 0.3 is 0 Å². The minimum absolute atomic E-state index is 0.626. The Labute approximate surface area is 86.5 Å². The van der Waals surface area contributed by atoms with Crippen LogP contribution in [0, 0.1) is 0 Å². The van der Waals surface area contributed by atoms with Crippen LogP contribution in [0.3, 0.4) is 0 Å². The average Bonchev–Trinajstić information content (AvgIpc) is 2.32. The predicted molar refractivity (Wildman–Crippen MR) is 61.5 cm³/mol. The van der Waals surface area contributed by atoms with Gasteiger partial charge in [0.25, 0.3) is 0 Å². The molecule has 0 saturated carbocycles. The Kier molecular flexibility index (Phi) is 5.83. The molecule has 13 heavy (non-hydrogen) atoms. The third-order valence-electron chi connectivity index (χ3n) is 2.30. The summed E-state index contributed by atoms with van der Waals surface area (Å²) in [6.07, 6.45) is 1.37. The van der Waals surface area contributed by atoms with Gasteiger partial charge in [0.2, 0.25) is 0 Å². The van der Waals surface area contributed by atoms with Crippen molar-refractivity contribution in [2.24, 2.45) is 0 Å². The van der Waals surface area contributed by atoms with Crippen molar-refractivity contribution in [1.29, 1.82) is 0 Å². The van der Waals surface area contributed by atoms with Crippen molar-refractivity contribution in [3.8, 4) is 0 Å². The van der Waals surface area contributed by atoms with Gasteiger partial charge in [0, 0.05) is 31.4 Å². The second-order valence-corrected chi connectivity index (χ2v) is 5.14. The van der Waals surface area contributed by atoms with Crippen molar-refractivity contribution >= 4 is 11.8 Å². The number of nitrogens with one attached hydrogen (secondary N) is 1. The molecule has 1 saturated heterocycles. The standard InChI is InChI=1S/C10H22N2S/c1-10(2)11-4-6-12-5-3-8-13-9-7-12/h10-11H,3-9H2,1-2H3. The van der Waals surface area contributed by atoms with E-state index in [-0.39, 0.29) is 0 Å². The number of thioether (sulfide) groups is 1. The van der Waals surface area contributed by atoms with E-state index in [1.807, 2.05) is 0 Å². The minimum atomic E-state index is 0.626. The Morgan fingerprint density at radius 3 is 2.92 bits per heavy atom. The Hall–Kier alpha value is 0.270. The molecule has 1 rings (SSSR count). The first-order valence-corrected chi connectivity index (χ1v) is 6.48. The summed E-state index contributed by atoms with van der Waals surface area (Å²) in [5, 5.41) is 3.46. The first kappa shape index (κ1) is 11.3. The molecule has 2 nitrogen and oxygen atoms in total. The summed E-state index contributed by atoms with van der Waals surface area (Å²) in [6, 6.07) is 0.626. The smallest absolute Gasteiger partial charge is 0.0107 e. The van der Waals surface area contributed by atoms with Gasteiger partial charge < -0.3 is 10.2 Å². The van der Waals surface area contributed by atoms with E-state index in [2.05, 4.69) is 35.8 Å². The number of hydrogen-bond donors (Lipinski definition) is 1. The normalized spacial score (nSPS) is 20.5. The van der Waals surface area contributed by atoms with Crippen LogP contribution in [0.15, 0.2) is 0 Å². The Morgan fingerprint density at radius 1 is 1.31 bits per heavy atom. The SMILES string of the molecule is CC(C)NCCN1CCCSCC1. The molecule has 1 N–H and O–H groups in total. The highest BCUT2D eigenvalue weighted by Crippen LogP contribution is 2.08. The molecule has 0 unspecified atom stereocenters. The van der Waals surface area contributed by atoms with Crippen LogP contribution in [0.4, 0.5) is 0 Å². The molecule has 0 aliphatic carbocycles. The van der Waals surface area contributed by atoms with Gasteiger partial charge in [-0.2, -0.15) is 11.8 Å². The van der Waals surface area contributed by atoms with Crippen LogP contribution >= 0.6 is 11.8 Å². The lowest BCUT2D eigenvalue weighted by molar-refractivity contribution is 0.291. The summed E-state index contributed by atoms with van der Waals surface area (Å²) in [4.78, 5) is 2.58. The van der Waals surface area contributed by atoms with Crippen molar-refractivity contribution in [2.75, 3.05) is 37.7 Å². The van der Waals surface area contributed by atoms with Crippen molar-refractivity contribution in [3.05, 3.63) is 0 Å². The average molecular weight is 202 g/mol. The molecule has 0 radical (unpaired) electrons. The molecule has 1 heterocycles. The van der Waals surface area contributed by atoms with Crippen molar-refractivity contribution in [2.45, 2.75) is 26.3 Å². The fraction of sp³-hybridized carbons (Fsp3) is 1.00. The fourth-order valence-electron chi connectivity index (χ4n) is 1.53. The quantitative estimate of drug-likeness (QED) is 0.742. The van der Waals surface area contributed by atoms with E-state index in [0.717, 1.165) is 6.54 Å². The maximum Gasteiger partial charge on any atom is 0.0107 e. The Balaban J connectivity index is 2.05. The molecule has 0 aromatic rings. The summed E-state index contributed by atoms with van der Waals surface area (Å²) >= 11 is 2.10. The van der Waals surface area contributed by atoms with E-state index in [9.17, 15) is 0 Å².